The van der Waals surface area contributed by atoms with Gasteiger partial charge in [0.1, 0.15) is 0 Å². The molecule has 7 heteroatoms. The molecule has 0 rings (SSSR count). The van der Waals surface area contributed by atoms with Crippen molar-refractivity contribution in [3.63, 3.8) is 0 Å². The summed E-state index contributed by atoms with van der Waals surface area (Å²) in [6.45, 7) is 0. The van der Waals surface area contributed by atoms with Gasteiger partial charge in [-0.2, -0.15) is 0 Å². The van der Waals surface area contributed by atoms with Crippen molar-refractivity contribution in [3.8, 4) is 0 Å². The summed E-state index contributed by atoms with van der Waals surface area (Å²) >= 11 is 1.97. The van der Waals surface area contributed by atoms with Crippen molar-refractivity contribution in [1.29, 1.82) is 0 Å². The zero-order valence-corrected chi connectivity index (χ0v) is 6.31. The fourth-order valence-electron chi connectivity index (χ4n) is 0. The van der Waals surface area contributed by atoms with E-state index in [9.17, 15) is 0 Å². The van der Waals surface area contributed by atoms with Crippen molar-refractivity contribution < 1.29 is 47.1 Å². The van der Waals surface area contributed by atoms with E-state index < -0.39 is 0 Å². The third-order valence-corrected chi connectivity index (χ3v) is 0. The van der Waals surface area contributed by atoms with Crippen LogP contribution in [-0.2, 0) is 19.7 Å². The molecule has 0 heterocycles. The maximum atomic E-state index is 3.47. The SMILES string of the molecule is O.O.O.O.O.[SH][Au]. The summed E-state index contributed by atoms with van der Waals surface area (Å²) in [6.07, 6.45) is 0. The third kappa shape index (κ3) is 208. The molecule has 0 aromatic heterocycles. The summed E-state index contributed by atoms with van der Waals surface area (Å²) in [5.74, 6) is 0. The van der Waals surface area contributed by atoms with Crippen LogP contribution in [0.15, 0.2) is 0 Å². The molecule has 0 bridgehead atoms. The Bertz CT molecular complexity index is 8.04. The van der Waals surface area contributed by atoms with E-state index in [1.807, 2.05) is 19.7 Å². The molecule has 10 N–H and O–H groups in total. The first-order valence-electron chi connectivity index (χ1n) is 0.135. The van der Waals surface area contributed by atoms with Gasteiger partial charge in [-0.05, 0) is 0 Å². The molecule has 0 aromatic rings. The van der Waals surface area contributed by atoms with E-state index in [0.717, 1.165) is 0 Å². The summed E-state index contributed by atoms with van der Waals surface area (Å²) < 4.78 is 0. The van der Waals surface area contributed by atoms with Crippen LogP contribution < -0.4 is 0 Å². The Morgan fingerprint density at radius 2 is 0.571 bits per heavy atom. The first kappa shape index (κ1) is 105. The van der Waals surface area contributed by atoms with Crippen LogP contribution in [0.25, 0.3) is 0 Å². The molecule has 5 nitrogen and oxygen atoms in total. The number of hydrogen-bond acceptors (Lipinski definition) is 1. The van der Waals surface area contributed by atoms with Gasteiger partial charge in [-0.3, -0.25) is 0 Å². The second-order valence-corrected chi connectivity index (χ2v) is 0. The zero-order chi connectivity index (χ0) is 2.00. The molecule has 58 valence electrons. The molecule has 0 unspecified atom stereocenters. The van der Waals surface area contributed by atoms with Crippen LogP contribution in [0.5, 0.6) is 0 Å². The van der Waals surface area contributed by atoms with Gasteiger partial charge in [0.15, 0.2) is 0 Å². The summed E-state index contributed by atoms with van der Waals surface area (Å²) in [5.41, 5.74) is 0. The Morgan fingerprint density at radius 3 is 0.571 bits per heavy atom. The predicted octanol–water partition coefficient (Wildman–Crippen LogP) is -3.75. The van der Waals surface area contributed by atoms with Crippen LogP contribution in [0.4, 0.5) is 0 Å². The van der Waals surface area contributed by atoms with Crippen molar-refractivity contribution in [2.24, 2.45) is 0 Å². The molecule has 0 fully saturated rings. The van der Waals surface area contributed by atoms with Gasteiger partial charge in [0, 0.05) is 0 Å². The number of thiol groups is 1. The first-order valence-corrected chi connectivity index (χ1v) is 3.31. The van der Waals surface area contributed by atoms with E-state index in [1.165, 1.54) is 0 Å². The Balaban J connectivity index is -0.000000000500. The Labute approximate surface area is 57.6 Å². The molecule has 0 aliphatic heterocycles. The van der Waals surface area contributed by atoms with Crippen molar-refractivity contribution in [3.05, 3.63) is 0 Å². The van der Waals surface area contributed by atoms with Crippen molar-refractivity contribution in [1.82, 2.24) is 0 Å². The molecule has 0 spiro atoms. The molecule has 0 saturated carbocycles. The topological polar surface area (TPSA) is 158 Å². The molecule has 0 radical (unpaired) electrons. The standard InChI is InChI=1S/Au.5H2O.H2S/h;6*1H2/q+1;;;;;;/p-1. The second kappa shape index (κ2) is 302. The van der Waals surface area contributed by atoms with Gasteiger partial charge in [0.05, 0.1) is 0 Å². The average Bonchev–Trinajstić information content (AvgIpc) is 1.00. The molecule has 0 aliphatic rings. The molecule has 0 atom stereocenters. The van der Waals surface area contributed by atoms with Gasteiger partial charge >= 0.3 is 29.8 Å². The van der Waals surface area contributed by atoms with E-state index in [-0.39, 0.29) is 27.4 Å². The van der Waals surface area contributed by atoms with Gasteiger partial charge in [-0.15, -0.1) is 0 Å². The molecule has 0 amide bonds. The monoisotopic (exact) mass is 320 g/mol. The second-order valence-electron chi connectivity index (χ2n) is 0. The van der Waals surface area contributed by atoms with Crippen LogP contribution >= 0.6 is 10.1 Å². The number of rotatable bonds is 0. The summed E-state index contributed by atoms with van der Waals surface area (Å²) in [4.78, 5) is 0. The normalized spacial score (nSPS) is 1.00. The van der Waals surface area contributed by atoms with Crippen LogP contribution in [-0.4, -0.2) is 27.4 Å². The van der Waals surface area contributed by atoms with E-state index in [2.05, 4.69) is 10.1 Å². The van der Waals surface area contributed by atoms with Crippen molar-refractivity contribution in [2.75, 3.05) is 0 Å². The number of hydrogen-bond donors (Lipinski definition) is 1. The van der Waals surface area contributed by atoms with E-state index in [4.69, 9.17) is 0 Å². The Hall–Kier alpha value is 0.890. The van der Waals surface area contributed by atoms with Crippen LogP contribution in [0.1, 0.15) is 0 Å². The quantitative estimate of drug-likeness (QED) is 0.344. The van der Waals surface area contributed by atoms with Gasteiger partial charge in [-0.25, -0.2) is 0 Å². The molecule has 0 aromatic carbocycles. The molecule has 7 heavy (non-hydrogen) atoms. The van der Waals surface area contributed by atoms with Gasteiger partial charge in [0.2, 0.25) is 0 Å². The summed E-state index contributed by atoms with van der Waals surface area (Å²) in [7, 11) is 3.47. The summed E-state index contributed by atoms with van der Waals surface area (Å²) in [5, 5.41) is 0. The zero-order valence-electron chi connectivity index (χ0n) is 3.25. The minimum absolute atomic E-state index is 0. The van der Waals surface area contributed by atoms with Crippen molar-refractivity contribution in [2.45, 2.75) is 0 Å². The molecule has 0 saturated heterocycles. The minimum atomic E-state index is 0. The van der Waals surface area contributed by atoms with E-state index >= 15 is 0 Å². The van der Waals surface area contributed by atoms with Crippen molar-refractivity contribution >= 4 is 10.1 Å². The summed E-state index contributed by atoms with van der Waals surface area (Å²) in [6, 6.07) is 0. The molecular weight excluding hydrogens is 309 g/mol. The van der Waals surface area contributed by atoms with Gasteiger partial charge in [0.25, 0.3) is 0 Å². The molecular formula is H11AuO5S. The molecule has 0 aliphatic carbocycles. The first-order chi connectivity index (χ1) is 1.00. The predicted molar refractivity (Wildman–Crippen MR) is 27.1 cm³/mol. The van der Waals surface area contributed by atoms with Crippen LogP contribution in [0.2, 0.25) is 0 Å². The maximum absolute atomic E-state index is 3.47. The third-order valence-electron chi connectivity index (χ3n) is 0. The Kier molecular flexibility index (Phi) is 4520. The fraction of sp³-hybridized carbons (Fsp3) is 0. The van der Waals surface area contributed by atoms with Crippen LogP contribution in [0, 0.1) is 0 Å². The van der Waals surface area contributed by atoms with E-state index in [0.29, 0.717) is 0 Å². The van der Waals surface area contributed by atoms with Gasteiger partial charge in [-0.1, -0.05) is 0 Å². The van der Waals surface area contributed by atoms with E-state index in [1.54, 1.807) is 0 Å². The van der Waals surface area contributed by atoms with Gasteiger partial charge < -0.3 is 27.4 Å². The fourth-order valence-corrected chi connectivity index (χ4v) is 0. The Morgan fingerprint density at radius 1 is 0.571 bits per heavy atom. The van der Waals surface area contributed by atoms with Crippen LogP contribution in [0.3, 0.4) is 0 Å². The average molecular weight is 320 g/mol.